The number of hydrogen-bond acceptors (Lipinski definition) is 5. The summed E-state index contributed by atoms with van der Waals surface area (Å²) in [5, 5.41) is 3.89. The van der Waals surface area contributed by atoms with E-state index in [4.69, 9.17) is 21.1 Å². The number of hydrogen-bond donors (Lipinski definition) is 1. The van der Waals surface area contributed by atoms with Gasteiger partial charge < -0.3 is 14.8 Å². The highest BCUT2D eigenvalue weighted by atomic mass is 35.5. The van der Waals surface area contributed by atoms with E-state index in [1.807, 2.05) is 19.1 Å². The average molecular weight is 316 g/mol. The van der Waals surface area contributed by atoms with Gasteiger partial charge in [-0.25, -0.2) is 4.98 Å². The molecular weight excluding hydrogens is 290 g/mol. The Bertz CT molecular complexity index is 418. The largest absolute Gasteiger partial charge is 0.383 e. The van der Waals surface area contributed by atoms with E-state index in [0.29, 0.717) is 24.8 Å². The zero-order valence-electron chi connectivity index (χ0n) is 13.4. The van der Waals surface area contributed by atoms with Gasteiger partial charge in [-0.3, -0.25) is 4.90 Å². The summed E-state index contributed by atoms with van der Waals surface area (Å²) in [4.78, 5) is 6.85. The van der Waals surface area contributed by atoms with Crippen LogP contribution in [0.2, 0.25) is 5.02 Å². The third-order valence-electron chi connectivity index (χ3n) is 3.24. The fourth-order valence-electron chi connectivity index (χ4n) is 2.08. The molecule has 0 aliphatic heterocycles. The molecule has 0 aromatic carbocycles. The monoisotopic (exact) mass is 315 g/mol. The van der Waals surface area contributed by atoms with E-state index in [-0.39, 0.29) is 6.04 Å². The second-order valence-electron chi connectivity index (χ2n) is 4.92. The first-order valence-electron chi connectivity index (χ1n) is 7.23. The standard InChI is InChI=1S/C15H26ClN3O2/c1-5-17-15-7-6-13(16)14(18-15)10-19(8-9-20-3)12(2)11-21-4/h6-7,12H,5,8-11H2,1-4H3,(H,17,18). The third-order valence-corrected chi connectivity index (χ3v) is 3.59. The second-order valence-corrected chi connectivity index (χ2v) is 5.33. The highest BCUT2D eigenvalue weighted by Crippen LogP contribution is 2.19. The lowest BCUT2D eigenvalue weighted by molar-refractivity contribution is 0.0698. The first-order valence-corrected chi connectivity index (χ1v) is 7.61. The van der Waals surface area contributed by atoms with Crippen molar-refractivity contribution in [3.63, 3.8) is 0 Å². The van der Waals surface area contributed by atoms with E-state index >= 15 is 0 Å². The summed E-state index contributed by atoms with van der Waals surface area (Å²) in [6.45, 7) is 7.81. The number of ether oxygens (including phenoxy) is 2. The number of aromatic nitrogens is 1. The maximum absolute atomic E-state index is 6.28. The molecule has 1 rings (SSSR count). The fraction of sp³-hybridized carbons (Fsp3) is 0.667. The first kappa shape index (κ1) is 18.2. The maximum atomic E-state index is 6.28. The molecule has 0 amide bonds. The van der Waals surface area contributed by atoms with Crippen LogP contribution in [0.4, 0.5) is 5.82 Å². The van der Waals surface area contributed by atoms with Crippen LogP contribution in [-0.2, 0) is 16.0 Å². The molecule has 1 N–H and O–H groups in total. The van der Waals surface area contributed by atoms with Crippen molar-refractivity contribution in [1.29, 1.82) is 0 Å². The lowest BCUT2D eigenvalue weighted by Crippen LogP contribution is -2.38. The molecule has 5 nitrogen and oxygen atoms in total. The molecule has 6 heteroatoms. The van der Waals surface area contributed by atoms with E-state index in [1.54, 1.807) is 14.2 Å². The quantitative estimate of drug-likeness (QED) is 0.719. The van der Waals surface area contributed by atoms with Gasteiger partial charge in [0.1, 0.15) is 5.82 Å². The third kappa shape index (κ3) is 6.18. The highest BCUT2D eigenvalue weighted by molar-refractivity contribution is 6.31. The Morgan fingerprint density at radius 3 is 2.71 bits per heavy atom. The number of nitrogens with one attached hydrogen (secondary N) is 1. The predicted octanol–water partition coefficient (Wildman–Crippen LogP) is 2.65. The van der Waals surface area contributed by atoms with Gasteiger partial charge in [-0.15, -0.1) is 0 Å². The topological polar surface area (TPSA) is 46.6 Å². The molecule has 0 bridgehead atoms. The van der Waals surface area contributed by atoms with E-state index in [2.05, 4.69) is 22.1 Å². The Morgan fingerprint density at radius 1 is 1.33 bits per heavy atom. The van der Waals surface area contributed by atoms with Gasteiger partial charge in [0, 0.05) is 39.9 Å². The summed E-state index contributed by atoms with van der Waals surface area (Å²) >= 11 is 6.28. The van der Waals surface area contributed by atoms with Crippen LogP contribution in [0.15, 0.2) is 12.1 Å². The van der Waals surface area contributed by atoms with Crippen LogP contribution in [0, 0.1) is 0 Å². The van der Waals surface area contributed by atoms with Crippen LogP contribution in [0.5, 0.6) is 0 Å². The minimum atomic E-state index is 0.269. The number of nitrogens with zero attached hydrogens (tertiary/aromatic N) is 2. The minimum Gasteiger partial charge on any atom is -0.383 e. The first-order chi connectivity index (χ1) is 10.1. The van der Waals surface area contributed by atoms with Gasteiger partial charge in [0.25, 0.3) is 0 Å². The number of halogens is 1. The molecule has 21 heavy (non-hydrogen) atoms. The van der Waals surface area contributed by atoms with Crippen molar-refractivity contribution in [2.45, 2.75) is 26.4 Å². The van der Waals surface area contributed by atoms with Gasteiger partial charge in [0.05, 0.1) is 23.9 Å². The molecule has 0 saturated carbocycles. The zero-order valence-corrected chi connectivity index (χ0v) is 14.1. The Hall–Kier alpha value is -0.880. The normalized spacial score (nSPS) is 12.7. The zero-order chi connectivity index (χ0) is 15.7. The van der Waals surface area contributed by atoms with Crippen LogP contribution in [0.1, 0.15) is 19.5 Å². The van der Waals surface area contributed by atoms with Crippen LogP contribution >= 0.6 is 11.6 Å². The average Bonchev–Trinajstić information content (AvgIpc) is 2.47. The van der Waals surface area contributed by atoms with Crippen molar-refractivity contribution in [3.8, 4) is 0 Å². The number of rotatable bonds is 10. The van der Waals surface area contributed by atoms with Gasteiger partial charge in [0.2, 0.25) is 0 Å². The Balaban J connectivity index is 2.82. The van der Waals surface area contributed by atoms with E-state index in [9.17, 15) is 0 Å². The molecule has 0 radical (unpaired) electrons. The highest BCUT2D eigenvalue weighted by Gasteiger charge is 2.16. The van der Waals surface area contributed by atoms with E-state index in [1.165, 1.54) is 0 Å². The lowest BCUT2D eigenvalue weighted by atomic mass is 10.2. The summed E-state index contributed by atoms with van der Waals surface area (Å²) < 4.78 is 10.4. The summed E-state index contributed by atoms with van der Waals surface area (Å²) in [6, 6.07) is 4.05. The van der Waals surface area contributed by atoms with Gasteiger partial charge in [-0.2, -0.15) is 0 Å². The van der Waals surface area contributed by atoms with Crippen LogP contribution in [0.25, 0.3) is 0 Å². The number of methoxy groups -OCH3 is 2. The summed E-state index contributed by atoms with van der Waals surface area (Å²) in [7, 11) is 3.41. The van der Waals surface area contributed by atoms with Crippen molar-refractivity contribution in [2.75, 3.05) is 45.8 Å². The van der Waals surface area contributed by atoms with Crippen LogP contribution in [0.3, 0.4) is 0 Å². The second kappa shape index (κ2) is 9.95. The van der Waals surface area contributed by atoms with Crippen molar-refractivity contribution in [2.24, 2.45) is 0 Å². The molecule has 0 spiro atoms. The summed E-state index contributed by atoms with van der Waals surface area (Å²) in [5.74, 6) is 0.850. The number of pyridine rings is 1. The molecular formula is C15H26ClN3O2. The van der Waals surface area contributed by atoms with Gasteiger partial charge in [-0.05, 0) is 26.0 Å². The van der Waals surface area contributed by atoms with Crippen LogP contribution in [-0.4, -0.2) is 56.4 Å². The smallest absolute Gasteiger partial charge is 0.126 e. The molecule has 0 fully saturated rings. The van der Waals surface area contributed by atoms with E-state index in [0.717, 1.165) is 24.6 Å². The Kier molecular flexibility index (Phi) is 8.61. The maximum Gasteiger partial charge on any atom is 0.126 e. The predicted molar refractivity (Wildman–Crippen MR) is 87.0 cm³/mol. The molecule has 1 unspecified atom stereocenters. The molecule has 1 heterocycles. The lowest BCUT2D eigenvalue weighted by Gasteiger charge is -2.28. The Morgan fingerprint density at radius 2 is 2.10 bits per heavy atom. The van der Waals surface area contributed by atoms with Gasteiger partial charge in [0.15, 0.2) is 0 Å². The van der Waals surface area contributed by atoms with Gasteiger partial charge in [-0.1, -0.05) is 11.6 Å². The van der Waals surface area contributed by atoms with Crippen LogP contribution < -0.4 is 5.32 Å². The molecule has 0 aliphatic rings. The molecule has 1 atom stereocenters. The van der Waals surface area contributed by atoms with Crippen molar-refractivity contribution in [1.82, 2.24) is 9.88 Å². The Labute approximate surface area is 132 Å². The van der Waals surface area contributed by atoms with Crippen molar-refractivity contribution >= 4 is 17.4 Å². The molecule has 1 aromatic heterocycles. The van der Waals surface area contributed by atoms with Crippen molar-refractivity contribution < 1.29 is 9.47 Å². The summed E-state index contributed by atoms with van der Waals surface area (Å²) in [5.41, 5.74) is 0.870. The fourth-order valence-corrected chi connectivity index (χ4v) is 2.24. The molecule has 120 valence electrons. The van der Waals surface area contributed by atoms with Crippen molar-refractivity contribution in [3.05, 3.63) is 22.8 Å². The van der Waals surface area contributed by atoms with Gasteiger partial charge >= 0.3 is 0 Å². The molecule has 1 aromatic rings. The minimum absolute atomic E-state index is 0.269. The van der Waals surface area contributed by atoms with E-state index < -0.39 is 0 Å². The number of anilines is 1. The molecule has 0 aliphatic carbocycles. The molecule has 0 saturated heterocycles. The SMILES string of the molecule is CCNc1ccc(Cl)c(CN(CCOC)C(C)COC)n1. The summed E-state index contributed by atoms with van der Waals surface area (Å²) in [6.07, 6.45) is 0.